The van der Waals surface area contributed by atoms with E-state index in [1.54, 1.807) is 18.0 Å². The highest BCUT2D eigenvalue weighted by Crippen LogP contribution is 2.17. The second kappa shape index (κ2) is 6.23. The van der Waals surface area contributed by atoms with Gasteiger partial charge >= 0.3 is 0 Å². The molecule has 106 valence electrons. The van der Waals surface area contributed by atoms with E-state index < -0.39 is 0 Å². The first-order valence-corrected chi connectivity index (χ1v) is 6.83. The molecule has 0 spiro atoms. The van der Waals surface area contributed by atoms with E-state index in [4.69, 9.17) is 5.26 Å². The molecule has 3 nitrogen and oxygen atoms in total. The summed E-state index contributed by atoms with van der Waals surface area (Å²) in [6.45, 7) is 4.39. The Kier molecular flexibility index (Phi) is 4.39. The van der Waals surface area contributed by atoms with Gasteiger partial charge in [-0.3, -0.25) is 4.79 Å². The lowest BCUT2D eigenvalue weighted by Gasteiger charge is -2.20. The average Bonchev–Trinajstić information content (AvgIpc) is 2.47. The van der Waals surface area contributed by atoms with E-state index in [0.717, 1.165) is 22.3 Å². The molecule has 0 aliphatic rings. The molecular weight excluding hydrogens is 260 g/mol. The van der Waals surface area contributed by atoms with E-state index in [2.05, 4.69) is 6.07 Å². The molecule has 1 amide bonds. The molecule has 0 aliphatic carbocycles. The second-order valence-corrected chi connectivity index (χ2v) is 5.24. The average molecular weight is 278 g/mol. The maximum absolute atomic E-state index is 12.6. The van der Waals surface area contributed by atoms with Gasteiger partial charge in [-0.15, -0.1) is 0 Å². The maximum Gasteiger partial charge on any atom is 0.254 e. The van der Waals surface area contributed by atoms with Crippen molar-refractivity contribution in [1.29, 1.82) is 5.26 Å². The Morgan fingerprint density at radius 1 is 1.14 bits per heavy atom. The fraction of sp³-hybridized carbons (Fsp3) is 0.222. The van der Waals surface area contributed by atoms with Crippen LogP contribution in [0.2, 0.25) is 0 Å². The lowest BCUT2D eigenvalue weighted by Crippen LogP contribution is -2.27. The van der Waals surface area contributed by atoms with Gasteiger partial charge in [0, 0.05) is 19.2 Å². The smallest absolute Gasteiger partial charge is 0.254 e. The zero-order valence-corrected chi connectivity index (χ0v) is 12.6. The van der Waals surface area contributed by atoms with Crippen LogP contribution in [0.15, 0.2) is 42.5 Å². The summed E-state index contributed by atoms with van der Waals surface area (Å²) in [4.78, 5) is 14.3. The molecule has 3 heteroatoms. The van der Waals surface area contributed by atoms with Crippen LogP contribution in [0.5, 0.6) is 0 Å². The van der Waals surface area contributed by atoms with Gasteiger partial charge in [-0.1, -0.05) is 30.3 Å². The van der Waals surface area contributed by atoms with Crippen LogP contribution >= 0.6 is 0 Å². The predicted molar refractivity (Wildman–Crippen MR) is 82.9 cm³/mol. The first kappa shape index (κ1) is 14.8. The van der Waals surface area contributed by atoms with Crippen molar-refractivity contribution in [3.63, 3.8) is 0 Å². The van der Waals surface area contributed by atoms with Gasteiger partial charge in [-0.05, 0) is 42.7 Å². The highest BCUT2D eigenvalue weighted by molar-refractivity contribution is 5.96. The number of carbonyl (C=O) groups excluding carboxylic acids is 1. The van der Waals surface area contributed by atoms with Crippen molar-refractivity contribution in [2.75, 3.05) is 7.05 Å². The van der Waals surface area contributed by atoms with Crippen molar-refractivity contribution in [2.24, 2.45) is 0 Å². The Hall–Kier alpha value is -2.60. The minimum absolute atomic E-state index is 0.00737. The number of nitriles is 1. The van der Waals surface area contributed by atoms with Crippen molar-refractivity contribution in [3.05, 3.63) is 70.3 Å². The number of benzene rings is 2. The molecule has 0 aliphatic heterocycles. The van der Waals surface area contributed by atoms with Crippen LogP contribution in [0.1, 0.15) is 32.6 Å². The first-order valence-electron chi connectivity index (χ1n) is 6.83. The second-order valence-electron chi connectivity index (χ2n) is 5.24. The van der Waals surface area contributed by atoms with E-state index >= 15 is 0 Å². The quantitative estimate of drug-likeness (QED) is 0.863. The number of amides is 1. The molecule has 0 saturated heterocycles. The van der Waals surface area contributed by atoms with Gasteiger partial charge < -0.3 is 4.90 Å². The lowest BCUT2D eigenvalue weighted by atomic mass is 10.0. The van der Waals surface area contributed by atoms with Crippen LogP contribution in [-0.4, -0.2) is 17.9 Å². The summed E-state index contributed by atoms with van der Waals surface area (Å²) in [7, 11) is 1.78. The zero-order valence-electron chi connectivity index (χ0n) is 12.6. The molecule has 21 heavy (non-hydrogen) atoms. The third-order valence-electron chi connectivity index (χ3n) is 3.52. The summed E-state index contributed by atoms with van der Waals surface area (Å²) >= 11 is 0. The predicted octanol–water partition coefficient (Wildman–Crippen LogP) is 3.45. The molecule has 0 N–H and O–H groups in total. The summed E-state index contributed by atoms with van der Waals surface area (Å²) in [5, 5.41) is 8.93. The zero-order chi connectivity index (χ0) is 15.4. The van der Waals surface area contributed by atoms with Crippen LogP contribution in [0.3, 0.4) is 0 Å². The van der Waals surface area contributed by atoms with Crippen LogP contribution in [0, 0.1) is 25.2 Å². The van der Waals surface area contributed by atoms with Crippen molar-refractivity contribution in [2.45, 2.75) is 20.4 Å². The monoisotopic (exact) mass is 278 g/mol. The van der Waals surface area contributed by atoms with Gasteiger partial charge in [0.25, 0.3) is 5.91 Å². The van der Waals surface area contributed by atoms with Gasteiger partial charge in [0.15, 0.2) is 0 Å². The molecule has 0 heterocycles. The Morgan fingerprint density at radius 2 is 1.76 bits per heavy atom. The largest absolute Gasteiger partial charge is 0.337 e. The minimum Gasteiger partial charge on any atom is -0.337 e. The normalized spacial score (nSPS) is 10.0. The summed E-state index contributed by atoms with van der Waals surface area (Å²) in [6.07, 6.45) is 0. The topological polar surface area (TPSA) is 44.1 Å². The molecular formula is C18H18N2O. The molecule has 0 atom stereocenters. The van der Waals surface area contributed by atoms with Crippen LogP contribution < -0.4 is 0 Å². The Morgan fingerprint density at radius 3 is 2.38 bits per heavy atom. The molecule has 0 saturated carbocycles. The minimum atomic E-state index is 0.00737. The summed E-state index contributed by atoms with van der Waals surface area (Å²) < 4.78 is 0. The van der Waals surface area contributed by atoms with Gasteiger partial charge in [0.05, 0.1) is 11.6 Å². The molecule has 2 aromatic carbocycles. The third kappa shape index (κ3) is 3.29. The maximum atomic E-state index is 12.6. The van der Waals surface area contributed by atoms with Crippen LogP contribution in [0.25, 0.3) is 0 Å². The van der Waals surface area contributed by atoms with E-state index in [1.807, 2.05) is 50.2 Å². The molecule has 2 aromatic rings. The van der Waals surface area contributed by atoms with Crippen LogP contribution in [-0.2, 0) is 6.54 Å². The fourth-order valence-corrected chi connectivity index (χ4v) is 2.43. The van der Waals surface area contributed by atoms with Crippen molar-refractivity contribution >= 4 is 5.91 Å². The third-order valence-corrected chi connectivity index (χ3v) is 3.52. The highest BCUT2D eigenvalue weighted by Gasteiger charge is 2.16. The van der Waals surface area contributed by atoms with E-state index in [0.29, 0.717) is 12.1 Å². The molecule has 0 bridgehead atoms. The summed E-state index contributed by atoms with van der Waals surface area (Å²) in [5.74, 6) is 0.00737. The Labute approximate surface area is 125 Å². The molecule has 0 unspecified atom stereocenters. The van der Waals surface area contributed by atoms with Gasteiger partial charge in [0.1, 0.15) is 0 Å². The summed E-state index contributed by atoms with van der Waals surface area (Å²) in [6, 6.07) is 15.3. The van der Waals surface area contributed by atoms with Gasteiger partial charge in [-0.25, -0.2) is 0 Å². The number of nitrogens with zero attached hydrogens (tertiary/aromatic N) is 2. The van der Waals surface area contributed by atoms with Gasteiger partial charge in [-0.2, -0.15) is 5.26 Å². The molecule has 0 fully saturated rings. The number of hydrogen-bond donors (Lipinski definition) is 0. The number of rotatable bonds is 3. The Balaban J connectivity index is 2.22. The van der Waals surface area contributed by atoms with Crippen molar-refractivity contribution in [3.8, 4) is 6.07 Å². The SMILES string of the molecule is Cc1cccc(C)c1C(=O)N(C)Cc1cccc(C#N)c1. The van der Waals surface area contributed by atoms with Crippen molar-refractivity contribution in [1.82, 2.24) is 4.90 Å². The van der Waals surface area contributed by atoms with Crippen LogP contribution in [0.4, 0.5) is 0 Å². The van der Waals surface area contributed by atoms with Gasteiger partial charge in [0.2, 0.25) is 0 Å². The number of hydrogen-bond acceptors (Lipinski definition) is 2. The van der Waals surface area contributed by atoms with E-state index in [9.17, 15) is 4.79 Å². The molecule has 2 rings (SSSR count). The number of aryl methyl sites for hydroxylation is 2. The Bertz CT molecular complexity index is 693. The highest BCUT2D eigenvalue weighted by atomic mass is 16.2. The first-order chi connectivity index (χ1) is 10.0. The molecule has 0 radical (unpaired) electrons. The fourth-order valence-electron chi connectivity index (χ4n) is 2.43. The van der Waals surface area contributed by atoms with E-state index in [1.165, 1.54) is 0 Å². The lowest BCUT2D eigenvalue weighted by molar-refractivity contribution is 0.0783. The van der Waals surface area contributed by atoms with Crippen molar-refractivity contribution < 1.29 is 4.79 Å². The molecule has 0 aromatic heterocycles. The van der Waals surface area contributed by atoms with E-state index in [-0.39, 0.29) is 5.91 Å². The summed E-state index contributed by atoms with van der Waals surface area (Å²) in [5.41, 5.74) is 4.29. The standard InChI is InChI=1S/C18H18N2O/c1-13-6-4-7-14(2)17(13)18(21)20(3)12-16-9-5-8-15(10-16)11-19/h4-10H,12H2,1-3H3. The number of carbonyl (C=O) groups is 1.